The Kier molecular flexibility index (Phi) is 5.78. The van der Waals surface area contributed by atoms with Crippen LogP contribution in [0.25, 0.3) is 5.57 Å². The highest BCUT2D eigenvalue weighted by molar-refractivity contribution is 7.80. The number of amides is 1. The van der Waals surface area contributed by atoms with Crippen LogP contribution in [0.1, 0.15) is 32.3 Å². The minimum absolute atomic E-state index is 0.0600. The van der Waals surface area contributed by atoms with Crippen LogP contribution in [0.3, 0.4) is 0 Å². The molecule has 0 saturated carbocycles. The van der Waals surface area contributed by atoms with Crippen LogP contribution < -0.4 is 10.6 Å². The molecular weight excluding hydrogens is 348 g/mol. The maximum absolute atomic E-state index is 11.7. The Morgan fingerprint density at radius 2 is 1.92 bits per heavy atom. The van der Waals surface area contributed by atoms with Gasteiger partial charge in [-0.2, -0.15) is 0 Å². The van der Waals surface area contributed by atoms with Crippen molar-refractivity contribution in [2.75, 3.05) is 5.32 Å². The lowest BCUT2D eigenvalue weighted by atomic mass is 10.1. The zero-order chi connectivity index (χ0) is 18.5. The van der Waals surface area contributed by atoms with Crippen LogP contribution in [0, 0.1) is 0 Å². The van der Waals surface area contributed by atoms with Crippen molar-refractivity contribution >= 4 is 35.9 Å². The van der Waals surface area contributed by atoms with E-state index in [0.717, 1.165) is 34.6 Å². The maximum atomic E-state index is 11.7. The van der Waals surface area contributed by atoms with Crippen LogP contribution in [0.2, 0.25) is 0 Å². The highest BCUT2D eigenvalue weighted by Gasteiger charge is 2.21. The van der Waals surface area contributed by atoms with Crippen LogP contribution in [0.4, 0.5) is 16.4 Å². The molecule has 1 aromatic heterocycles. The number of ether oxygens (including phenoxy) is 1. The number of allylic oxidation sites excluding steroid dienone is 1. The molecule has 1 aliphatic carbocycles. The fourth-order valence-electron chi connectivity index (χ4n) is 2.66. The van der Waals surface area contributed by atoms with Crippen molar-refractivity contribution in [1.29, 1.82) is 0 Å². The molecule has 1 amide bonds. The van der Waals surface area contributed by atoms with Crippen molar-refractivity contribution < 1.29 is 9.53 Å². The summed E-state index contributed by atoms with van der Waals surface area (Å²) in [6, 6.07) is 7.70. The van der Waals surface area contributed by atoms with Gasteiger partial charge in [0.2, 0.25) is 5.95 Å². The summed E-state index contributed by atoms with van der Waals surface area (Å²) in [5.41, 5.74) is 2.94. The van der Waals surface area contributed by atoms with Gasteiger partial charge in [0.25, 0.3) is 0 Å². The highest BCUT2D eigenvalue weighted by atomic mass is 32.1. The van der Waals surface area contributed by atoms with Gasteiger partial charge in [0.15, 0.2) is 0 Å². The molecule has 1 aliphatic rings. The molecule has 0 radical (unpaired) electrons. The van der Waals surface area contributed by atoms with E-state index >= 15 is 0 Å². The zero-order valence-electron chi connectivity index (χ0n) is 14.8. The molecule has 2 N–H and O–H groups in total. The summed E-state index contributed by atoms with van der Waals surface area (Å²) in [7, 11) is 0. The summed E-state index contributed by atoms with van der Waals surface area (Å²) in [5.74, 6) is 0.531. The second kappa shape index (κ2) is 8.23. The Hall–Kier alpha value is -2.54. The second-order valence-corrected chi connectivity index (χ2v) is 6.96. The van der Waals surface area contributed by atoms with Gasteiger partial charge in [0, 0.05) is 34.6 Å². The van der Waals surface area contributed by atoms with Crippen LogP contribution in [0.15, 0.2) is 47.6 Å². The Balaban J connectivity index is 1.60. The summed E-state index contributed by atoms with van der Waals surface area (Å²) in [6.45, 7) is 3.80. The second-order valence-electron chi connectivity index (χ2n) is 6.44. The molecule has 0 saturated heterocycles. The van der Waals surface area contributed by atoms with Crippen LogP contribution in [-0.4, -0.2) is 28.2 Å². The number of carbonyl (C=O) groups excluding carboxylic acids is 1. The van der Waals surface area contributed by atoms with Crippen LogP contribution in [-0.2, 0) is 4.74 Å². The van der Waals surface area contributed by atoms with E-state index in [9.17, 15) is 4.79 Å². The van der Waals surface area contributed by atoms with E-state index in [-0.39, 0.29) is 18.2 Å². The summed E-state index contributed by atoms with van der Waals surface area (Å²) < 4.78 is 5.40. The number of nitrogens with zero attached hydrogens (tertiary/aromatic N) is 2. The zero-order valence-corrected chi connectivity index (χ0v) is 15.7. The monoisotopic (exact) mass is 370 g/mol. The van der Waals surface area contributed by atoms with Crippen molar-refractivity contribution in [1.82, 2.24) is 15.3 Å². The third kappa shape index (κ3) is 4.98. The summed E-state index contributed by atoms with van der Waals surface area (Å²) >= 11 is 4.26. The van der Waals surface area contributed by atoms with E-state index in [2.05, 4.69) is 33.2 Å². The topological polar surface area (TPSA) is 76.1 Å². The number of carbonyl (C=O) groups is 1. The fraction of sp³-hybridized carbons (Fsp3) is 0.316. The third-order valence-electron chi connectivity index (χ3n) is 3.90. The molecule has 1 aromatic carbocycles. The number of aromatic nitrogens is 2. The standard InChI is InChI=1S/C19H22N4O2S/c1-12(2)22-19(24)25-16-6-3-13(9-16)14-10-20-18(21-11-14)23-15-4-7-17(26)8-5-15/h4-5,7-12,16,26H,3,6H2,1-2H3,(H,22,24)(H,20,21,23). The molecule has 0 bridgehead atoms. The lowest BCUT2D eigenvalue weighted by Gasteiger charge is -2.12. The molecule has 1 atom stereocenters. The molecule has 0 aliphatic heterocycles. The van der Waals surface area contributed by atoms with Gasteiger partial charge in [-0.25, -0.2) is 14.8 Å². The number of benzene rings is 1. The Morgan fingerprint density at radius 3 is 2.58 bits per heavy atom. The molecule has 136 valence electrons. The van der Waals surface area contributed by atoms with Gasteiger partial charge in [-0.05, 0) is 62.6 Å². The smallest absolute Gasteiger partial charge is 0.407 e. The molecule has 0 spiro atoms. The first kappa shape index (κ1) is 18.3. The normalized spacial score (nSPS) is 16.3. The van der Waals surface area contributed by atoms with Crippen molar-refractivity contribution in [3.8, 4) is 0 Å². The molecule has 3 rings (SSSR count). The van der Waals surface area contributed by atoms with E-state index < -0.39 is 0 Å². The number of thiol groups is 1. The first-order valence-electron chi connectivity index (χ1n) is 8.56. The van der Waals surface area contributed by atoms with Gasteiger partial charge >= 0.3 is 6.09 Å². The number of hydrogen-bond acceptors (Lipinski definition) is 6. The number of anilines is 2. The van der Waals surface area contributed by atoms with Crippen LogP contribution in [0.5, 0.6) is 0 Å². The number of alkyl carbamates (subject to hydrolysis) is 1. The Labute approximate surface area is 158 Å². The van der Waals surface area contributed by atoms with Gasteiger partial charge < -0.3 is 15.4 Å². The molecule has 6 nitrogen and oxygen atoms in total. The summed E-state index contributed by atoms with van der Waals surface area (Å²) in [5, 5.41) is 5.88. The molecular formula is C19H22N4O2S. The van der Waals surface area contributed by atoms with Gasteiger partial charge in [-0.15, -0.1) is 12.6 Å². The average molecular weight is 370 g/mol. The maximum Gasteiger partial charge on any atom is 0.407 e. The van der Waals surface area contributed by atoms with Crippen molar-refractivity contribution in [3.63, 3.8) is 0 Å². The van der Waals surface area contributed by atoms with E-state index in [1.54, 1.807) is 12.4 Å². The predicted octanol–water partition coefficient (Wildman–Crippen LogP) is 4.19. The van der Waals surface area contributed by atoms with E-state index in [1.807, 2.05) is 44.2 Å². The number of hydrogen-bond donors (Lipinski definition) is 3. The minimum Gasteiger partial charge on any atom is -0.442 e. The number of rotatable bonds is 5. The first-order valence-corrected chi connectivity index (χ1v) is 9.00. The number of nitrogens with one attached hydrogen (secondary N) is 2. The molecule has 1 heterocycles. The van der Waals surface area contributed by atoms with Gasteiger partial charge in [0.1, 0.15) is 6.10 Å². The van der Waals surface area contributed by atoms with Crippen LogP contribution >= 0.6 is 12.6 Å². The molecule has 0 fully saturated rings. The van der Waals surface area contributed by atoms with E-state index in [1.165, 1.54) is 0 Å². The Morgan fingerprint density at radius 1 is 1.23 bits per heavy atom. The summed E-state index contributed by atoms with van der Waals surface area (Å²) in [4.78, 5) is 21.3. The largest absolute Gasteiger partial charge is 0.442 e. The lowest BCUT2D eigenvalue weighted by molar-refractivity contribution is 0.117. The fourth-order valence-corrected chi connectivity index (χ4v) is 2.81. The van der Waals surface area contributed by atoms with E-state index in [4.69, 9.17) is 4.74 Å². The molecule has 2 aromatic rings. The quantitative estimate of drug-likeness (QED) is 0.688. The minimum atomic E-state index is -0.384. The summed E-state index contributed by atoms with van der Waals surface area (Å²) in [6.07, 6.45) is 6.55. The van der Waals surface area contributed by atoms with Gasteiger partial charge in [-0.3, -0.25) is 0 Å². The molecule has 1 unspecified atom stereocenters. The highest BCUT2D eigenvalue weighted by Crippen LogP contribution is 2.29. The van der Waals surface area contributed by atoms with E-state index in [0.29, 0.717) is 5.95 Å². The predicted molar refractivity (Wildman–Crippen MR) is 105 cm³/mol. The van der Waals surface area contributed by atoms with Gasteiger partial charge in [-0.1, -0.05) is 0 Å². The molecule has 7 heteroatoms. The van der Waals surface area contributed by atoms with Crippen molar-refractivity contribution in [2.24, 2.45) is 0 Å². The van der Waals surface area contributed by atoms with Crippen molar-refractivity contribution in [2.45, 2.75) is 43.7 Å². The first-order chi connectivity index (χ1) is 12.5. The van der Waals surface area contributed by atoms with Gasteiger partial charge in [0.05, 0.1) is 0 Å². The molecule has 26 heavy (non-hydrogen) atoms. The lowest BCUT2D eigenvalue weighted by Crippen LogP contribution is -2.32. The van der Waals surface area contributed by atoms with Crippen molar-refractivity contribution in [3.05, 3.63) is 48.3 Å². The SMILES string of the molecule is CC(C)NC(=O)OC1C=C(c2cnc(Nc3ccc(S)cc3)nc2)CC1. The Bertz CT molecular complexity index is 788. The third-order valence-corrected chi connectivity index (χ3v) is 4.19. The average Bonchev–Trinajstić information content (AvgIpc) is 3.05.